The van der Waals surface area contributed by atoms with Crippen LogP contribution in [0.2, 0.25) is 0 Å². The molecule has 0 spiro atoms. The molecule has 1 N–H and O–H groups in total. The number of guanidine groups is 1. The van der Waals surface area contributed by atoms with E-state index in [9.17, 15) is 0 Å². The molecule has 0 bridgehead atoms. The van der Waals surface area contributed by atoms with Crippen molar-refractivity contribution in [3.63, 3.8) is 0 Å². The van der Waals surface area contributed by atoms with Gasteiger partial charge in [0.15, 0.2) is 5.96 Å². The molecular formula is C13H25N3S. The van der Waals surface area contributed by atoms with Crippen LogP contribution in [0.4, 0.5) is 0 Å². The molecule has 1 saturated carbocycles. The summed E-state index contributed by atoms with van der Waals surface area (Å²) in [5.74, 6) is 3.35. The Morgan fingerprint density at radius 1 is 1.47 bits per heavy atom. The van der Waals surface area contributed by atoms with Crippen LogP contribution in [-0.2, 0) is 0 Å². The van der Waals surface area contributed by atoms with Crippen LogP contribution in [0.25, 0.3) is 0 Å². The Labute approximate surface area is 109 Å². The monoisotopic (exact) mass is 255 g/mol. The van der Waals surface area contributed by atoms with E-state index < -0.39 is 0 Å². The van der Waals surface area contributed by atoms with Gasteiger partial charge in [-0.2, -0.15) is 11.8 Å². The van der Waals surface area contributed by atoms with Crippen LogP contribution in [-0.4, -0.2) is 48.5 Å². The number of aliphatic imine (C=N–C) groups is 1. The maximum Gasteiger partial charge on any atom is 0.193 e. The third-order valence-corrected chi connectivity index (χ3v) is 5.01. The lowest BCUT2D eigenvalue weighted by atomic mass is 10.3. The number of hydrogen-bond acceptors (Lipinski definition) is 2. The van der Waals surface area contributed by atoms with Crippen LogP contribution < -0.4 is 5.32 Å². The first-order valence-corrected chi connectivity index (χ1v) is 7.95. The van der Waals surface area contributed by atoms with E-state index in [0.717, 1.165) is 36.8 Å². The van der Waals surface area contributed by atoms with E-state index in [-0.39, 0.29) is 0 Å². The Kier molecular flexibility index (Phi) is 5.01. The Morgan fingerprint density at radius 2 is 2.29 bits per heavy atom. The molecule has 1 aliphatic carbocycles. The highest BCUT2D eigenvalue weighted by molar-refractivity contribution is 8.00. The topological polar surface area (TPSA) is 27.6 Å². The van der Waals surface area contributed by atoms with Gasteiger partial charge >= 0.3 is 0 Å². The number of nitrogens with one attached hydrogen (secondary N) is 1. The van der Waals surface area contributed by atoms with Gasteiger partial charge in [0, 0.05) is 37.7 Å². The Hall–Kier alpha value is -0.380. The fourth-order valence-corrected chi connectivity index (χ4v) is 3.47. The van der Waals surface area contributed by atoms with Gasteiger partial charge in [-0.1, -0.05) is 19.8 Å². The van der Waals surface area contributed by atoms with Crippen molar-refractivity contribution in [3.8, 4) is 0 Å². The smallest absolute Gasteiger partial charge is 0.193 e. The fourth-order valence-electron chi connectivity index (χ4n) is 2.29. The highest BCUT2D eigenvalue weighted by atomic mass is 32.2. The average molecular weight is 255 g/mol. The van der Waals surface area contributed by atoms with Gasteiger partial charge in [-0.25, -0.2) is 0 Å². The van der Waals surface area contributed by atoms with Crippen LogP contribution in [0.15, 0.2) is 4.99 Å². The molecule has 17 heavy (non-hydrogen) atoms. The predicted octanol–water partition coefficient (Wildman–Crippen LogP) is 2.19. The van der Waals surface area contributed by atoms with Crippen molar-refractivity contribution in [2.24, 2.45) is 10.9 Å². The summed E-state index contributed by atoms with van der Waals surface area (Å²) in [6.45, 7) is 5.68. The van der Waals surface area contributed by atoms with Gasteiger partial charge in [0.05, 0.1) is 0 Å². The largest absolute Gasteiger partial charge is 0.356 e. The van der Waals surface area contributed by atoms with Gasteiger partial charge in [0.25, 0.3) is 0 Å². The molecule has 2 fully saturated rings. The van der Waals surface area contributed by atoms with Crippen molar-refractivity contribution in [1.29, 1.82) is 0 Å². The summed E-state index contributed by atoms with van der Waals surface area (Å²) < 4.78 is 0. The van der Waals surface area contributed by atoms with Crippen molar-refractivity contribution >= 4 is 17.7 Å². The molecule has 1 heterocycles. The predicted molar refractivity (Wildman–Crippen MR) is 76.8 cm³/mol. The lowest BCUT2D eigenvalue weighted by Gasteiger charge is -2.34. The van der Waals surface area contributed by atoms with Crippen LogP contribution in [0.5, 0.6) is 0 Å². The first kappa shape index (κ1) is 13.1. The molecular weight excluding hydrogens is 230 g/mol. The molecule has 1 unspecified atom stereocenters. The molecule has 1 atom stereocenters. The minimum atomic E-state index is 0.783. The lowest BCUT2D eigenvalue weighted by Crippen LogP contribution is -2.48. The summed E-state index contributed by atoms with van der Waals surface area (Å²) in [4.78, 5) is 6.85. The van der Waals surface area contributed by atoms with E-state index in [4.69, 9.17) is 0 Å². The van der Waals surface area contributed by atoms with Gasteiger partial charge in [0.1, 0.15) is 0 Å². The highest BCUT2D eigenvalue weighted by Crippen LogP contribution is 2.31. The molecule has 0 aromatic heterocycles. The van der Waals surface area contributed by atoms with Crippen LogP contribution in [0, 0.1) is 5.92 Å². The molecule has 1 saturated heterocycles. The maximum absolute atomic E-state index is 4.42. The van der Waals surface area contributed by atoms with Gasteiger partial charge < -0.3 is 10.2 Å². The Morgan fingerprint density at radius 3 is 2.94 bits per heavy atom. The minimum absolute atomic E-state index is 0.783. The van der Waals surface area contributed by atoms with Gasteiger partial charge in [-0.3, -0.25) is 4.99 Å². The zero-order chi connectivity index (χ0) is 12.1. The van der Waals surface area contributed by atoms with Crippen LogP contribution >= 0.6 is 11.8 Å². The van der Waals surface area contributed by atoms with Crippen molar-refractivity contribution < 1.29 is 0 Å². The Bertz CT molecular complexity index is 263. The second-order valence-corrected chi connectivity index (χ2v) is 6.46. The van der Waals surface area contributed by atoms with Gasteiger partial charge in [-0.15, -0.1) is 0 Å². The van der Waals surface area contributed by atoms with E-state index in [0.29, 0.717) is 0 Å². The number of rotatable bonds is 4. The second kappa shape index (κ2) is 6.53. The minimum Gasteiger partial charge on any atom is -0.356 e. The zero-order valence-corrected chi connectivity index (χ0v) is 11.9. The lowest BCUT2D eigenvalue weighted by molar-refractivity contribution is 0.407. The summed E-state index contributed by atoms with van der Waals surface area (Å²) in [6, 6.07) is 0. The molecule has 0 aromatic rings. The number of nitrogens with zero attached hydrogens (tertiary/aromatic N) is 2. The van der Waals surface area contributed by atoms with Crippen molar-refractivity contribution in [2.75, 3.05) is 32.4 Å². The molecule has 2 aliphatic rings. The van der Waals surface area contributed by atoms with Crippen molar-refractivity contribution in [2.45, 2.75) is 37.9 Å². The molecule has 0 amide bonds. The fraction of sp³-hybridized carbons (Fsp3) is 0.923. The molecule has 98 valence electrons. The summed E-state index contributed by atoms with van der Waals surface area (Å²) in [5, 5.41) is 4.30. The molecule has 0 aromatic carbocycles. The Balaban J connectivity index is 1.75. The summed E-state index contributed by atoms with van der Waals surface area (Å²) in [7, 11) is 1.90. The molecule has 0 radical (unpaired) electrons. The van der Waals surface area contributed by atoms with Crippen molar-refractivity contribution in [1.82, 2.24) is 10.2 Å². The summed E-state index contributed by atoms with van der Waals surface area (Å²) in [6.07, 6.45) is 5.47. The first-order chi connectivity index (χ1) is 8.33. The summed E-state index contributed by atoms with van der Waals surface area (Å²) >= 11 is 2.11. The number of thioether (sulfide) groups is 1. The highest BCUT2D eigenvalue weighted by Gasteiger charge is 2.23. The average Bonchev–Trinajstić information content (AvgIpc) is 3.19. The van der Waals surface area contributed by atoms with E-state index in [2.05, 4.69) is 33.9 Å². The normalized spacial score (nSPS) is 26.1. The molecule has 2 rings (SSSR count). The third-order valence-electron chi connectivity index (χ3n) is 3.64. The molecule has 3 nitrogen and oxygen atoms in total. The maximum atomic E-state index is 4.42. The standard InChI is InChI=1S/C13H25N3S/c1-3-12-10-16(8-9-17-12)13(14-2)15-7-6-11-4-5-11/h11-12H,3-10H2,1-2H3,(H,14,15). The number of hydrogen-bond donors (Lipinski definition) is 1. The van der Waals surface area contributed by atoms with Crippen molar-refractivity contribution in [3.05, 3.63) is 0 Å². The third kappa shape index (κ3) is 4.09. The quantitative estimate of drug-likeness (QED) is 0.616. The summed E-state index contributed by atoms with van der Waals surface area (Å²) in [5.41, 5.74) is 0. The SMILES string of the molecule is CCC1CN(C(=NC)NCCC2CC2)CCS1. The van der Waals surface area contributed by atoms with E-state index in [1.165, 1.54) is 31.4 Å². The first-order valence-electron chi connectivity index (χ1n) is 6.90. The molecule has 4 heteroatoms. The van der Waals surface area contributed by atoms with Gasteiger partial charge in [0.2, 0.25) is 0 Å². The second-order valence-electron chi connectivity index (χ2n) is 5.05. The van der Waals surface area contributed by atoms with E-state index in [1.807, 2.05) is 7.05 Å². The van der Waals surface area contributed by atoms with E-state index in [1.54, 1.807) is 0 Å². The van der Waals surface area contributed by atoms with E-state index >= 15 is 0 Å². The van der Waals surface area contributed by atoms with Gasteiger partial charge in [-0.05, 0) is 18.8 Å². The van der Waals surface area contributed by atoms with Crippen LogP contribution in [0.1, 0.15) is 32.6 Å². The van der Waals surface area contributed by atoms with Crippen LogP contribution in [0.3, 0.4) is 0 Å². The zero-order valence-electron chi connectivity index (χ0n) is 11.1. The molecule has 1 aliphatic heterocycles.